The molecule has 6 heteroatoms. The van der Waals surface area contributed by atoms with Gasteiger partial charge in [-0.15, -0.1) is 0 Å². The van der Waals surface area contributed by atoms with Crippen LogP contribution in [-0.4, -0.2) is 24.6 Å². The maximum Gasteiger partial charge on any atom is 0.253 e. The van der Waals surface area contributed by atoms with Gasteiger partial charge >= 0.3 is 0 Å². The molecule has 0 heterocycles. The van der Waals surface area contributed by atoms with Gasteiger partial charge in [-0.05, 0) is 30.7 Å². The molecule has 25 heavy (non-hydrogen) atoms. The maximum absolute atomic E-state index is 12.2. The third-order valence-electron chi connectivity index (χ3n) is 3.75. The number of carbonyl (C=O) groups is 3. The van der Waals surface area contributed by atoms with Crippen molar-refractivity contribution in [2.75, 3.05) is 12.4 Å². The molecule has 2 N–H and O–H groups in total. The Kier molecular flexibility index (Phi) is 6.47. The van der Waals surface area contributed by atoms with E-state index < -0.39 is 0 Å². The molecular formula is C19H19BrN2O3. The lowest BCUT2D eigenvalue weighted by molar-refractivity contribution is -0.116. The number of ketones is 1. The summed E-state index contributed by atoms with van der Waals surface area (Å²) in [6.07, 6.45) is 0.157. The van der Waals surface area contributed by atoms with Gasteiger partial charge in [-0.3, -0.25) is 14.4 Å². The van der Waals surface area contributed by atoms with E-state index in [4.69, 9.17) is 0 Å². The van der Waals surface area contributed by atoms with Crippen LogP contribution in [-0.2, 0) is 4.79 Å². The highest BCUT2D eigenvalue weighted by atomic mass is 79.9. The monoisotopic (exact) mass is 402 g/mol. The predicted octanol–water partition coefficient (Wildman–Crippen LogP) is 3.72. The van der Waals surface area contributed by atoms with Gasteiger partial charge in [-0.25, -0.2) is 0 Å². The van der Waals surface area contributed by atoms with Crippen molar-refractivity contribution in [2.45, 2.75) is 19.8 Å². The van der Waals surface area contributed by atoms with Crippen molar-refractivity contribution < 1.29 is 14.4 Å². The quantitative estimate of drug-likeness (QED) is 0.722. The first-order valence-electron chi connectivity index (χ1n) is 7.82. The lowest BCUT2D eigenvalue weighted by Crippen LogP contribution is -2.22. The van der Waals surface area contributed by atoms with Gasteiger partial charge in [0.15, 0.2) is 5.78 Å². The Balaban J connectivity index is 2.01. The maximum atomic E-state index is 12.2. The Morgan fingerprint density at radius 1 is 1.00 bits per heavy atom. The van der Waals surface area contributed by atoms with Crippen LogP contribution in [0.25, 0.3) is 0 Å². The number of benzene rings is 2. The lowest BCUT2D eigenvalue weighted by atomic mass is 10.0. The zero-order valence-electron chi connectivity index (χ0n) is 14.1. The number of nitrogens with one attached hydrogen (secondary N) is 2. The molecule has 0 saturated heterocycles. The van der Waals surface area contributed by atoms with Crippen LogP contribution in [0.3, 0.4) is 0 Å². The van der Waals surface area contributed by atoms with Crippen molar-refractivity contribution in [3.05, 3.63) is 63.6 Å². The van der Waals surface area contributed by atoms with Gasteiger partial charge in [-0.1, -0.05) is 40.2 Å². The number of halogens is 1. The van der Waals surface area contributed by atoms with E-state index >= 15 is 0 Å². The van der Waals surface area contributed by atoms with Gasteiger partial charge in [0.1, 0.15) is 0 Å². The SMILES string of the molecule is CNC(=O)c1c(C)cccc1NC(=O)CCC(=O)c1ccc(Br)cc1. The molecule has 0 unspecified atom stereocenters. The number of anilines is 1. The molecule has 2 amide bonds. The van der Waals surface area contributed by atoms with E-state index in [1.807, 2.05) is 0 Å². The van der Waals surface area contributed by atoms with Crippen molar-refractivity contribution in [3.8, 4) is 0 Å². The standard InChI is InChI=1S/C19H19BrN2O3/c1-12-4-3-5-15(18(12)19(25)21-2)22-17(24)11-10-16(23)13-6-8-14(20)9-7-13/h3-9H,10-11H2,1-2H3,(H,21,25)(H,22,24). The minimum Gasteiger partial charge on any atom is -0.355 e. The van der Waals surface area contributed by atoms with E-state index in [0.29, 0.717) is 16.8 Å². The first-order chi connectivity index (χ1) is 11.9. The summed E-state index contributed by atoms with van der Waals surface area (Å²) in [4.78, 5) is 36.3. The predicted molar refractivity (Wildman–Crippen MR) is 101 cm³/mol. The van der Waals surface area contributed by atoms with E-state index in [0.717, 1.165) is 10.0 Å². The van der Waals surface area contributed by atoms with Gasteiger partial charge in [-0.2, -0.15) is 0 Å². The van der Waals surface area contributed by atoms with Crippen LogP contribution in [0.2, 0.25) is 0 Å². The molecule has 2 aromatic rings. The van der Waals surface area contributed by atoms with Crippen LogP contribution < -0.4 is 10.6 Å². The van der Waals surface area contributed by atoms with Crippen LogP contribution in [0.1, 0.15) is 39.1 Å². The highest BCUT2D eigenvalue weighted by Gasteiger charge is 2.15. The summed E-state index contributed by atoms with van der Waals surface area (Å²) in [5.41, 5.74) is 2.21. The topological polar surface area (TPSA) is 75.3 Å². The van der Waals surface area contributed by atoms with Crippen molar-refractivity contribution in [1.82, 2.24) is 5.32 Å². The van der Waals surface area contributed by atoms with Gasteiger partial charge in [0.2, 0.25) is 5.91 Å². The first-order valence-corrected chi connectivity index (χ1v) is 8.62. The molecule has 0 fully saturated rings. The second-order valence-corrected chi connectivity index (χ2v) is 6.47. The lowest BCUT2D eigenvalue weighted by Gasteiger charge is -2.12. The van der Waals surface area contributed by atoms with E-state index in [1.54, 1.807) is 49.4 Å². The minimum atomic E-state index is -0.304. The van der Waals surface area contributed by atoms with Crippen LogP contribution in [0, 0.1) is 6.92 Å². The van der Waals surface area contributed by atoms with Crippen molar-refractivity contribution in [3.63, 3.8) is 0 Å². The van der Waals surface area contributed by atoms with Crippen LogP contribution in [0.4, 0.5) is 5.69 Å². The average Bonchev–Trinajstić information content (AvgIpc) is 2.60. The van der Waals surface area contributed by atoms with Crippen molar-refractivity contribution in [1.29, 1.82) is 0 Å². The van der Waals surface area contributed by atoms with Gasteiger partial charge in [0.05, 0.1) is 11.3 Å². The molecule has 2 rings (SSSR count). The largest absolute Gasteiger partial charge is 0.355 e. The zero-order valence-corrected chi connectivity index (χ0v) is 15.6. The molecule has 0 aromatic heterocycles. The highest BCUT2D eigenvalue weighted by molar-refractivity contribution is 9.10. The molecule has 0 radical (unpaired) electrons. The Morgan fingerprint density at radius 3 is 2.32 bits per heavy atom. The fraction of sp³-hybridized carbons (Fsp3) is 0.211. The molecule has 5 nitrogen and oxygen atoms in total. The third-order valence-corrected chi connectivity index (χ3v) is 4.27. The molecule has 0 aliphatic carbocycles. The summed E-state index contributed by atoms with van der Waals surface area (Å²) in [7, 11) is 1.54. The number of aryl methyl sites for hydroxylation is 1. The minimum absolute atomic E-state index is 0.0516. The number of carbonyl (C=O) groups excluding carboxylic acids is 3. The molecular weight excluding hydrogens is 384 g/mol. The van der Waals surface area contributed by atoms with E-state index in [9.17, 15) is 14.4 Å². The summed E-state index contributed by atoms with van der Waals surface area (Å²) in [6, 6.07) is 12.3. The fourth-order valence-electron chi connectivity index (χ4n) is 2.42. The molecule has 0 bridgehead atoms. The highest BCUT2D eigenvalue weighted by Crippen LogP contribution is 2.20. The Labute approximate surface area is 154 Å². The Hall–Kier alpha value is -2.47. The number of hydrogen-bond acceptors (Lipinski definition) is 3. The molecule has 0 saturated carbocycles. The van der Waals surface area contributed by atoms with Crippen LogP contribution in [0.5, 0.6) is 0 Å². The van der Waals surface area contributed by atoms with Crippen LogP contribution >= 0.6 is 15.9 Å². The number of Topliss-reactive ketones (excluding diaryl/α,β-unsaturated/α-hetero) is 1. The second kappa shape index (κ2) is 8.58. The summed E-state index contributed by atoms with van der Waals surface area (Å²) in [6.45, 7) is 1.80. The van der Waals surface area contributed by atoms with Gasteiger partial charge < -0.3 is 10.6 Å². The van der Waals surface area contributed by atoms with Crippen LogP contribution in [0.15, 0.2) is 46.9 Å². The summed E-state index contributed by atoms with van der Waals surface area (Å²) >= 11 is 3.32. The zero-order chi connectivity index (χ0) is 18.4. The Morgan fingerprint density at radius 2 is 1.68 bits per heavy atom. The first kappa shape index (κ1) is 18.9. The van der Waals surface area contributed by atoms with Gasteiger partial charge in [0.25, 0.3) is 5.91 Å². The third kappa shape index (κ3) is 5.00. The molecule has 0 atom stereocenters. The van der Waals surface area contributed by atoms with Gasteiger partial charge in [0, 0.05) is 29.9 Å². The molecule has 2 aromatic carbocycles. The van der Waals surface area contributed by atoms with E-state index in [-0.39, 0.29) is 30.4 Å². The molecule has 130 valence electrons. The molecule has 0 aliphatic heterocycles. The normalized spacial score (nSPS) is 10.2. The number of amides is 2. The number of rotatable bonds is 6. The molecule has 0 spiro atoms. The van der Waals surface area contributed by atoms with E-state index in [1.165, 1.54) is 7.05 Å². The molecule has 0 aliphatic rings. The smallest absolute Gasteiger partial charge is 0.253 e. The Bertz CT molecular complexity index is 801. The van der Waals surface area contributed by atoms with E-state index in [2.05, 4.69) is 26.6 Å². The summed E-state index contributed by atoms with van der Waals surface area (Å²) in [5, 5.41) is 5.29. The average molecular weight is 403 g/mol. The number of hydrogen-bond donors (Lipinski definition) is 2. The summed E-state index contributed by atoms with van der Waals surface area (Å²) < 4.78 is 0.892. The summed E-state index contributed by atoms with van der Waals surface area (Å²) in [5.74, 6) is -0.668. The van der Waals surface area contributed by atoms with Crippen molar-refractivity contribution >= 4 is 39.2 Å². The fourth-order valence-corrected chi connectivity index (χ4v) is 2.68. The second-order valence-electron chi connectivity index (χ2n) is 5.55. The van der Waals surface area contributed by atoms with Crippen molar-refractivity contribution in [2.24, 2.45) is 0 Å².